The second kappa shape index (κ2) is 7.79. The maximum Gasteiger partial charge on any atom is 0.0950 e. The van der Waals surface area contributed by atoms with Crippen LogP contribution in [0.15, 0.2) is 12.5 Å². The number of aromatic nitrogens is 2. The molecule has 1 fully saturated rings. The Hall–Kier alpha value is -0.870. The van der Waals surface area contributed by atoms with Crippen LogP contribution in [0, 0.1) is 5.92 Å². The van der Waals surface area contributed by atoms with Crippen LogP contribution < -0.4 is 5.73 Å². The topological polar surface area (TPSA) is 47.1 Å². The van der Waals surface area contributed by atoms with Gasteiger partial charge in [0.1, 0.15) is 0 Å². The van der Waals surface area contributed by atoms with E-state index >= 15 is 0 Å². The lowest BCUT2D eigenvalue weighted by Crippen LogP contribution is -2.34. The number of imidazole rings is 1. The summed E-state index contributed by atoms with van der Waals surface area (Å²) in [6.45, 7) is 8.35. The molecule has 0 spiro atoms. The number of hydrogen-bond acceptors (Lipinski definition) is 3. The van der Waals surface area contributed by atoms with Gasteiger partial charge < -0.3 is 10.3 Å². The first kappa shape index (κ1) is 15.5. The summed E-state index contributed by atoms with van der Waals surface area (Å²) in [7, 11) is 0. The molecule has 2 N–H and O–H groups in total. The molecule has 0 amide bonds. The van der Waals surface area contributed by atoms with Crippen LogP contribution in [0.5, 0.6) is 0 Å². The summed E-state index contributed by atoms with van der Waals surface area (Å²) >= 11 is 0. The first-order valence-corrected chi connectivity index (χ1v) is 8.14. The van der Waals surface area contributed by atoms with Crippen LogP contribution in [0.1, 0.15) is 51.6 Å². The first-order valence-electron chi connectivity index (χ1n) is 8.14. The molecule has 0 atom stereocenters. The molecule has 1 heterocycles. The fourth-order valence-corrected chi connectivity index (χ4v) is 3.05. The molecule has 114 valence electrons. The van der Waals surface area contributed by atoms with E-state index < -0.39 is 0 Å². The molecule has 0 aromatic carbocycles. The van der Waals surface area contributed by atoms with Gasteiger partial charge in [0.05, 0.1) is 12.0 Å². The van der Waals surface area contributed by atoms with Gasteiger partial charge in [-0.1, -0.05) is 26.7 Å². The lowest BCUT2D eigenvalue weighted by molar-refractivity contribution is 0.177. The monoisotopic (exact) mass is 278 g/mol. The molecule has 0 aliphatic heterocycles. The highest BCUT2D eigenvalue weighted by Crippen LogP contribution is 2.25. The zero-order valence-electron chi connectivity index (χ0n) is 13.1. The summed E-state index contributed by atoms with van der Waals surface area (Å²) in [6.07, 6.45) is 10.9. The van der Waals surface area contributed by atoms with E-state index in [0.29, 0.717) is 6.54 Å². The third-order valence-electron chi connectivity index (χ3n) is 4.27. The summed E-state index contributed by atoms with van der Waals surface area (Å²) in [5.41, 5.74) is 6.78. The van der Waals surface area contributed by atoms with Crippen LogP contribution in [0.3, 0.4) is 0 Å². The molecule has 1 aromatic heterocycles. The minimum Gasteiger partial charge on any atom is -0.336 e. The van der Waals surface area contributed by atoms with E-state index in [4.69, 9.17) is 5.73 Å². The molecule has 20 heavy (non-hydrogen) atoms. The summed E-state index contributed by atoms with van der Waals surface area (Å²) in [5.74, 6) is 0.772. The van der Waals surface area contributed by atoms with E-state index in [0.717, 1.165) is 25.0 Å². The molecule has 1 saturated carbocycles. The van der Waals surface area contributed by atoms with Gasteiger partial charge in [0, 0.05) is 31.9 Å². The van der Waals surface area contributed by atoms with Crippen molar-refractivity contribution in [3.8, 4) is 0 Å². The normalized spacial score (nSPS) is 16.6. The van der Waals surface area contributed by atoms with E-state index in [2.05, 4.69) is 34.5 Å². The minimum absolute atomic E-state index is 0.676. The van der Waals surface area contributed by atoms with Crippen molar-refractivity contribution in [1.29, 1.82) is 0 Å². The van der Waals surface area contributed by atoms with Gasteiger partial charge in [-0.3, -0.25) is 4.90 Å². The van der Waals surface area contributed by atoms with Crippen LogP contribution in [-0.2, 0) is 13.1 Å². The minimum atomic E-state index is 0.676. The second-order valence-corrected chi connectivity index (χ2v) is 6.48. The van der Waals surface area contributed by atoms with E-state index in [1.807, 2.05) is 6.33 Å². The number of rotatable bonds is 8. The fourth-order valence-electron chi connectivity index (χ4n) is 3.05. The molecule has 2 rings (SSSR count). The largest absolute Gasteiger partial charge is 0.336 e. The van der Waals surface area contributed by atoms with Gasteiger partial charge in [-0.15, -0.1) is 0 Å². The van der Waals surface area contributed by atoms with Gasteiger partial charge in [0.25, 0.3) is 0 Å². The lowest BCUT2D eigenvalue weighted by atomic mass is 10.1. The highest BCUT2D eigenvalue weighted by Gasteiger charge is 2.23. The third kappa shape index (κ3) is 4.60. The van der Waals surface area contributed by atoms with Crippen molar-refractivity contribution in [2.75, 3.05) is 13.1 Å². The molecular formula is C16H30N4. The SMILES string of the molecule is CC(C)CCN(Cc1cn(CCN)cn1)C1CCCC1. The molecule has 1 aromatic rings. The summed E-state index contributed by atoms with van der Waals surface area (Å²) in [5, 5.41) is 0. The predicted molar refractivity (Wildman–Crippen MR) is 83.4 cm³/mol. The van der Waals surface area contributed by atoms with Crippen molar-refractivity contribution in [2.45, 2.75) is 65.1 Å². The standard InChI is InChI=1S/C16H30N4/c1-14(2)7-9-20(16-5-3-4-6-16)12-15-11-19(10-8-17)13-18-15/h11,13-14,16H,3-10,12,17H2,1-2H3. The molecule has 1 aliphatic rings. The molecule has 0 unspecified atom stereocenters. The van der Waals surface area contributed by atoms with Crippen molar-refractivity contribution in [2.24, 2.45) is 11.7 Å². The quantitative estimate of drug-likeness (QED) is 0.795. The summed E-state index contributed by atoms with van der Waals surface area (Å²) in [4.78, 5) is 7.19. The van der Waals surface area contributed by atoms with Crippen molar-refractivity contribution in [1.82, 2.24) is 14.5 Å². The van der Waals surface area contributed by atoms with Gasteiger partial charge in [0.15, 0.2) is 0 Å². The predicted octanol–water partition coefficient (Wildman–Crippen LogP) is 2.63. The first-order chi connectivity index (χ1) is 9.69. The number of nitrogens with zero attached hydrogens (tertiary/aromatic N) is 3. The Morgan fingerprint density at radius 3 is 2.80 bits per heavy atom. The molecular weight excluding hydrogens is 248 g/mol. The lowest BCUT2D eigenvalue weighted by Gasteiger charge is -2.28. The van der Waals surface area contributed by atoms with Gasteiger partial charge in [-0.25, -0.2) is 4.98 Å². The number of nitrogens with two attached hydrogens (primary N) is 1. The molecule has 4 nitrogen and oxygen atoms in total. The van der Waals surface area contributed by atoms with Gasteiger partial charge in [-0.2, -0.15) is 0 Å². The zero-order chi connectivity index (χ0) is 14.4. The molecule has 0 bridgehead atoms. The smallest absolute Gasteiger partial charge is 0.0950 e. The Morgan fingerprint density at radius 2 is 2.15 bits per heavy atom. The molecule has 0 radical (unpaired) electrons. The van der Waals surface area contributed by atoms with E-state index in [1.165, 1.54) is 44.3 Å². The zero-order valence-corrected chi connectivity index (χ0v) is 13.1. The molecule has 0 saturated heterocycles. The average molecular weight is 278 g/mol. The van der Waals surface area contributed by atoms with E-state index in [1.54, 1.807) is 0 Å². The van der Waals surface area contributed by atoms with E-state index in [9.17, 15) is 0 Å². The average Bonchev–Trinajstić information content (AvgIpc) is 3.06. The van der Waals surface area contributed by atoms with Crippen LogP contribution in [0.2, 0.25) is 0 Å². The van der Waals surface area contributed by atoms with Crippen LogP contribution in [0.4, 0.5) is 0 Å². The van der Waals surface area contributed by atoms with Crippen LogP contribution in [-0.4, -0.2) is 33.6 Å². The molecule has 4 heteroatoms. The van der Waals surface area contributed by atoms with Crippen LogP contribution in [0.25, 0.3) is 0 Å². The van der Waals surface area contributed by atoms with Gasteiger partial charge in [-0.05, 0) is 31.7 Å². The Bertz CT molecular complexity index is 380. The van der Waals surface area contributed by atoms with Crippen molar-refractivity contribution in [3.05, 3.63) is 18.2 Å². The van der Waals surface area contributed by atoms with Crippen LogP contribution >= 0.6 is 0 Å². The Morgan fingerprint density at radius 1 is 1.40 bits per heavy atom. The second-order valence-electron chi connectivity index (χ2n) is 6.48. The van der Waals surface area contributed by atoms with Crippen molar-refractivity contribution in [3.63, 3.8) is 0 Å². The highest BCUT2D eigenvalue weighted by atomic mass is 15.2. The fraction of sp³-hybridized carbons (Fsp3) is 0.812. The Kier molecular flexibility index (Phi) is 6.05. The van der Waals surface area contributed by atoms with E-state index in [-0.39, 0.29) is 0 Å². The summed E-state index contributed by atoms with van der Waals surface area (Å²) < 4.78 is 2.10. The molecule has 1 aliphatic carbocycles. The Balaban J connectivity index is 1.94. The van der Waals surface area contributed by atoms with Crippen molar-refractivity contribution >= 4 is 0 Å². The third-order valence-corrected chi connectivity index (χ3v) is 4.27. The highest BCUT2D eigenvalue weighted by molar-refractivity contribution is 4.98. The summed E-state index contributed by atoms with van der Waals surface area (Å²) in [6, 6.07) is 0.772. The maximum atomic E-state index is 5.59. The number of hydrogen-bond donors (Lipinski definition) is 1. The van der Waals surface area contributed by atoms with Gasteiger partial charge in [0.2, 0.25) is 0 Å². The Labute approximate surface area is 123 Å². The van der Waals surface area contributed by atoms with Gasteiger partial charge >= 0.3 is 0 Å². The maximum absolute atomic E-state index is 5.59. The van der Waals surface area contributed by atoms with Crippen molar-refractivity contribution < 1.29 is 0 Å².